The molecule has 0 saturated carbocycles. The van der Waals surface area contributed by atoms with Gasteiger partial charge in [-0.05, 0) is 73.1 Å². The average molecular weight is 450 g/mol. The van der Waals surface area contributed by atoms with Crippen molar-refractivity contribution in [2.24, 2.45) is 5.92 Å². The van der Waals surface area contributed by atoms with Crippen molar-refractivity contribution in [2.75, 3.05) is 11.9 Å². The largest absolute Gasteiger partial charge is 0.507 e. The van der Waals surface area contributed by atoms with Crippen LogP contribution in [0.1, 0.15) is 49.4 Å². The van der Waals surface area contributed by atoms with Gasteiger partial charge in [0.15, 0.2) is 6.17 Å². The first-order chi connectivity index (χ1) is 16.0. The summed E-state index contributed by atoms with van der Waals surface area (Å²) in [6.45, 7) is 0.878. The maximum absolute atomic E-state index is 14.8. The fourth-order valence-corrected chi connectivity index (χ4v) is 5.10. The monoisotopic (exact) mass is 449 g/mol. The number of phenolic OH excluding ortho intramolecular Hbond substituents is 1. The highest BCUT2D eigenvalue weighted by atomic mass is 19.1. The zero-order valence-corrected chi connectivity index (χ0v) is 18.3. The summed E-state index contributed by atoms with van der Waals surface area (Å²) in [7, 11) is 0. The van der Waals surface area contributed by atoms with Gasteiger partial charge in [-0.1, -0.05) is 12.5 Å². The molecule has 172 valence electrons. The van der Waals surface area contributed by atoms with E-state index in [2.05, 4.69) is 25.8 Å². The van der Waals surface area contributed by atoms with Crippen LogP contribution < -0.4 is 16.2 Å². The molecular weight excluding hydrogens is 421 g/mol. The van der Waals surface area contributed by atoms with E-state index in [-0.39, 0.29) is 22.4 Å². The Morgan fingerprint density at radius 3 is 2.55 bits per heavy atom. The number of benzene rings is 1. The van der Waals surface area contributed by atoms with Crippen LogP contribution in [0.5, 0.6) is 5.75 Å². The van der Waals surface area contributed by atoms with E-state index >= 15 is 0 Å². The first-order valence-electron chi connectivity index (χ1n) is 11.5. The second-order valence-corrected chi connectivity index (χ2v) is 9.14. The molecule has 4 N–H and O–H groups in total. The lowest BCUT2D eigenvalue weighted by molar-refractivity contribution is 0.192. The van der Waals surface area contributed by atoms with Crippen LogP contribution in [-0.4, -0.2) is 38.9 Å². The molecule has 5 rings (SSSR count). The molecule has 2 aliphatic rings. The quantitative estimate of drug-likeness (QED) is 0.455. The Balaban J connectivity index is 1.24. The van der Waals surface area contributed by atoms with Gasteiger partial charge in [-0.3, -0.25) is 4.79 Å². The molecular formula is C25H28FN5O2. The summed E-state index contributed by atoms with van der Waals surface area (Å²) in [6.07, 6.45) is 6.17. The second kappa shape index (κ2) is 9.31. The SMILES string of the molecule is O=c1cc(C(F)c2ccc(-c3ccc(NCC4CC5CCCC(C4)N5)nn3)c(O)c2)cc[nH]1. The number of phenols is 1. The normalized spacial score (nSPS) is 23.1. The standard InChI is InChI=1S/C25H28FN5O2/c26-25(17-8-9-27-24(33)13-17)16-4-5-20(22(32)12-16)21-6-7-23(31-30-21)28-14-15-10-18-2-1-3-19(11-15)29-18/h4-9,12-13,15,18-19,25,29,32H,1-3,10-11,14H2,(H,27,33)(H,28,31). The van der Waals surface area contributed by atoms with E-state index in [1.54, 1.807) is 18.2 Å². The number of rotatable bonds is 6. The molecule has 1 aromatic carbocycles. The third-order valence-corrected chi connectivity index (χ3v) is 6.73. The summed E-state index contributed by atoms with van der Waals surface area (Å²) in [5, 5.41) is 26.1. The van der Waals surface area contributed by atoms with Crippen LogP contribution in [0.3, 0.4) is 0 Å². The molecule has 3 atom stereocenters. The van der Waals surface area contributed by atoms with Gasteiger partial charge in [-0.15, -0.1) is 10.2 Å². The van der Waals surface area contributed by atoms with Gasteiger partial charge in [0.1, 0.15) is 11.6 Å². The Bertz CT molecular complexity index is 1150. The fraction of sp³-hybridized carbons (Fsp3) is 0.400. The fourth-order valence-electron chi connectivity index (χ4n) is 5.10. The van der Waals surface area contributed by atoms with E-state index in [0.29, 0.717) is 35.1 Å². The minimum atomic E-state index is -1.51. The van der Waals surface area contributed by atoms with Crippen LogP contribution in [0.2, 0.25) is 0 Å². The number of hydrogen-bond donors (Lipinski definition) is 4. The third-order valence-electron chi connectivity index (χ3n) is 6.73. The van der Waals surface area contributed by atoms with E-state index in [9.17, 15) is 14.3 Å². The molecule has 0 amide bonds. The molecule has 2 saturated heterocycles. The third kappa shape index (κ3) is 4.90. The van der Waals surface area contributed by atoms with Crippen molar-refractivity contribution in [3.8, 4) is 17.0 Å². The number of alkyl halides is 1. The van der Waals surface area contributed by atoms with E-state index < -0.39 is 6.17 Å². The first-order valence-corrected chi connectivity index (χ1v) is 11.5. The molecule has 2 bridgehead atoms. The average Bonchev–Trinajstić information content (AvgIpc) is 2.82. The van der Waals surface area contributed by atoms with Crippen molar-refractivity contribution in [1.29, 1.82) is 0 Å². The molecule has 0 aliphatic carbocycles. The van der Waals surface area contributed by atoms with Crippen molar-refractivity contribution in [3.63, 3.8) is 0 Å². The van der Waals surface area contributed by atoms with Crippen LogP contribution in [0.25, 0.3) is 11.3 Å². The number of halogens is 1. The van der Waals surface area contributed by atoms with E-state index in [1.807, 2.05) is 6.07 Å². The number of H-pyrrole nitrogens is 1. The summed E-state index contributed by atoms with van der Waals surface area (Å²) in [5.74, 6) is 1.25. The maximum Gasteiger partial charge on any atom is 0.248 e. The zero-order chi connectivity index (χ0) is 22.8. The van der Waals surface area contributed by atoms with Crippen LogP contribution in [-0.2, 0) is 0 Å². The predicted octanol–water partition coefficient (Wildman–Crippen LogP) is 3.93. The Labute approximate surface area is 191 Å². The van der Waals surface area contributed by atoms with Gasteiger partial charge < -0.3 is 20.7 Å². The number of pyridine rings is 1. The van der Waals surface area contributed by atoms with Crippen molar-refractivity contribution >= 4 is 5.82 Å². The molecule has 3 aromatic rings. The molecule has 8 heteroatoms. The molecule has 4 heterocycles. The number of aromatic amines is 1. The van der Waals surface area contributed by atoms with Gasteiger partial charge in [0.2, 0.25) is 5.56 Å². The van der Waals surface area contributed by atoms with Crippen molar-refractivity contribution in [1.82, 2.24) is 20.5 Å². The van der Waals surface area contributed by atoms with Crippen molar-refractivity contribution in [3.05, 3.63) is 70.1 Å². The molecule has 0 spiro atoms. The highest BCUT2D eigenvalue weighted by Crippen LogP contribution is 2.34. The minimum Gasteiger partial charge on any atom is -0.507 e. The van der Waals surface area contributed by atoms with Gasteiger partial charge in [0, 0.05) is 36.5 Å². The first kappa shape index (κ1) is 21.6. The van der Waals surface area contributed by atoms with Gasteiger partial charge in [0.25, 0.3) is 0 Å². The molecule has 0 radical (unpaired) electrons. The van der Waals surface area contributed by atoms with Crippen LogP contribution in [0.4, 0.5) is 10.2 Å². The Kier molecular flexibility index (Phi) is 6.09. The van der Waals surface area contributed by atoms with Gasteiger partial charge in [-0.2, -0.15) is 0 Å². The molecule has 2 aliphatic heterocycles. The summed E-state index contributed by atoms with van der Waals surface area (Å²) >= 11 is 0. The van der Waals surface area contributed by atoms with Gasteiger partial charge >= 0.3 is 0 Å². The Morgan fingerprint density at radius 1 is 1.06 bits per heavy atom. The molecule has 33 heavy (non-hydrogen) atoms. The topological polar surface area (TPSA) is 103 Å². The Morgan fingerprint density at radius 2 is 1.85 bits per heavy atom. The summed E-state index contributed by atoms with van der Waals surface area (Å²) in [5.41, 5.74) is 1.11. The summed E-state index contributed by atoms with van der Waals surface area (Å²) in [4.78, 5) is 13.9. The molecule has 3 unspecified atom stereocenters. The number of fused-ring (bicyclic) bond motifs is 2. The van der Waals surface area contributed by atoms with Gasteiger partial charge in [-0.25, -0.2) is 4.39 Å². The van der Waals surface area contributed by atoms with Crippen molar-refractivity contribution in [2.45, 2.75) is 50.4 Å². The van der Waals surface area contributed by atoms with E-state index in [1.165, 1.54) is 56.5 Å². The summed E-state index contributed by atoms with van der Waals surface area (Å²) < 4.78 is 14.8. The van der Waals surface area contributed by atoms with Crippen molar-refractivity contribution < 1.29 is 9.50 Å². The lowest BCUT2D eigenvalue weighted by atomic mass is 9.80. The minimum absolute atomic E-state index is 0.0868. The number of hydrogen-bond acceptors (Lipinski definition) is 6. The molecule has 7 nitrogen and oxygen atoms in total. The lowest BCUT2D eigenvalue weighted by Gasteiger charge is -2.40. The number of nitrogens with zero attached hydrogens (tertiary/aromatic N) is 2. The number of piperidine rings is 2. The van der Waals surface area contributed by atoms with E-state index in [4.69, 9.17) is 0 Å². The molecule has 2 fully saturated rings. The number of aromatic hydroxyl groups is 1. The number of aromatic nitrogens is 3. The van der Waals surface area contributed by atoms with Crippen LogP contribution >= 0.6 is 0 Å². The Hall–Kier alpha value is -3.26. The molecule has 2 aromatic heterocycles. The van der Waals surface area contributed by atoms with Crippen LogP contribution in [0.15, 0.2) is 53.5 Å². The maximum atomic E-state index is 14.8. The van der Waals surface area contributed by atoms with Gasteiger partial charge in [0.05, 0.1) is 5.69 Å². The highest BCUT2D eigenvalue weighted by molar-refractivity contribution is 5.67. The predicted molar refractivity (Wildman–Crippen MR) is 125 cm³/mol. The number of anilines is 1. The van der Waals surface area contributed by atoms with Crippen LogP contribution in [0, 0.1) is 5.92 Å². The zero-order valence-electron chi connectivity index (χ0n) is 18.3. The lowest BCUT2D eigenvalue weighted by Crippen LogP contribution is -2.49. The second-order valence-electron chi connectivity index (χ2n) is 9.14. The van der Waals surface area contributed by atoms with E-state index in [0.717, 1.165) is 6.54 Å². The smallest absolute Gasteiger partial charge is 0.248 e. The summed E-state index contributed by atoms with van der Waals surface area (Å²) in [6, 6.07) is 12.2. The number of nitrogens with one attached hydrogen (secondary N) is 3. The highest BCUT2D eigenvalue weighted by Gasteiger charge is 2.30.